The molecular weight excluding hydrogens is 254 g/mol. The Labute approximate surface area is 120 Å². The molecule has 4 nitrogen and oxygen atoms in total. The van der Waals surface area contributed by atoms with Crippen molar-refractivity contribution in [2.75, 3.05) is 26.2 Å². The van der Waals surface area contributed by atoms with Crippen LogP contribution in [0.3, 0.4) is 0 Å². The molecule has 20 heavy (non-hydrogen) atoms. The number of rotatable bonds is 6. The van der Waals surface area contributed by atoms with Gasteiger partial charge in [-0.2, -0.15) is 0 Å². The molecule has 1 aliphatic heterocycles. The molecule has 4 heteroatoms. The van der Waals surface area contributed by atoms with Crippen LogP contribution in [-0.4, -0.2) is 42.2 Å². The van der Waals surface area contributed by atoms with E-state index in [1.807, 2.05) is 0 Å². The Kier molecular flexibility index (Phi) is 5.01. The largest absolute Gasteiger partial charge is 0.491 e. The van der Waals surface area contributed by atoms with Gasteiger partial charge >= 0.3 is 5.97 Å². The van der Waals surface area contributed by atoms with Gasteiger partial charge in [-0.1, -0.05) is 26.0 Å². The molecule has 1 atom stereocenters. The van der Waals surface area contributed by atoms with Gasteiger partial charge in [0.25, 0.3) is 0 Å². The average molecular weight is 277 g/mol. The van der Waals surface area contributed by atoms with E-state index in [2.05, 4.69) is 18.7 Å². The molecule has 0 aromatic heterocycles. The molecule has 1 aromatic carbocycles. The minimum absolute atomic E-state index is 0.231. The first-order valence-electron chi connectivity index (χ1n) is 7.25. The third kappa shape index (κ3) is 3.73. The zero-order valence-corrected chi connectivity index (χ0v) is 12.2. The minimum Gasteiger partial charge on any atom is -0.491 e. The lowest BCUT2D eigenvalue weighted by Crippen LogP contribution is -2.27. The normalized spacial score (nSPS) is 19.4. The number of likely N-dealkylation sites (tertiary alicyclic amines) is 1. The predicted molar refractivity (Wildman–Crippen MR) is 78.3 cm³/mol. The summed E-state index contributed by atoms with van der Waals surface area (Å²) >= 11 is 0. The number of aromatic carboxylic acids is 1. The number of carboxylic acids is 1. The molecule has 0 spiro atoms. The van der Waals surface area contributed by atoms with E-state index in [4.69, 9.17) is 9.84 Å². The van der Waals surface area contributed by atoms with Gasteiger partial charge in [0.05, 0.1) is 0 Å². The number of nitrogens with zero attached hydrogens (tertiary/aromatic N) is 1. The van der Waals surface area contributed by atoms with Crippen LogP contribution in [0, 0.1) is 11.8 Å². The van der Waals surface area contributed by atoms with Gasteiger partial charge in [-0.05, 0) is 36.9 Å². The molecule has 0 radical (unpaired) electrons. The topological polar surface area (TPSA) is 49.8 Å². The maximum atomic E-state index is 11.1. The van der Waals surface area contributed by atoms with E-state index in [0.29, 0.717) is 12.4 Å². The van der Waals surface area contributed by atoms with E-state index in [1.165, 1.54) is 6.42 Å². The lowest BCUT2D eigenvalue weighted by atomic mass is 9.95. The SMILES string of the molecule is CC(C)C1CCN(CCOc2ccccc2C(=O)O)C1. The average Bonchev–Trinajstić information content (AvgIpc) is 2.88. The van der Waals surface area contributed by atoms with Crippen LogP contribution < -0.4 is 4.74 Å². The van der Waals surface area contributed by atoms with Crippen molar-refractivity contribution in [1.29, 1.82) is 0 Å². The summed E-state index contributed by atoms with van der Waals surface area (Å²) in [5.41, 5.74) is 0.231. The summed E-state index contributed by atoms with van der Waals surface area (Å²) < 4.78 is 5.63. The highest BCUT2D eigenvalue weighted by Crippen LogP contribution is 2.23. The molecule has 0 aliphatic carbocycles. The van der Waals surface area contributed by atoms with Crippen molar-refractivity contribution in [1.82, 2.24) is 4.90 Å². The van der Waals surface area contributed by atoms with Gasteiger partial charge < -0.3 is 9.84 Å². The lowest BCUT2D eigenvalue weighted by molar-refractivity contribution is 0.0691. The van der Waals surface area contributed by atoms with Gasteiger partial charge in [0.15, 0.2) is 0 Å². The Morgan fingerprint density at radius 2 is 2.20 bits per heavy atom. The number of hydrogen-bond donors (Lipinski definition) is 1. The van der Waals surface area contributed by atoms with E-state index >= 15 is 0 Å². The van der Waals surface area contributed by atoms with Crippen LogP contribution >= 0.6 is 0 Å². The van der Waals surface area contributed by atoms with Crippen LogP contribution in [0.2, 0.25) is 0 Å². The molecule has 110 valence electrons. The van der Waals surface area contributed by atoms with Gasteiger partial charge in [-0.15, -0.1) is 0 Å². The second kappa shape index (κ2) is 6.75. The van der Waals surface area contributed by atoms with Gasteiger partial charge in [-0.3, -0.25) is 4.90 Å². The molecule has 1 saturated heterocycles. The molecule has 1 heterocycles. The van der Waals surface area contributed by atoms with Crippen LogP contribution in [-0.2, 0) is 0 Å². The summed E-state index contributed by atoms with van der Waals surface area (Å²) in [6.07, 6.45) is 1.25. The highest BCUT2D eigenvalue weighted by Gasteiger charge is 2.24. The quantitative estimate of drug-likeness (QED) is 0.868. The molecule has 0 bridgehead atoms. The minimum atomic E-state index is -0.943. The molecule has 1 fully saturated rings. The van der Waals surface area contributed by atoms with Crippen LogP contribution in [0.5, 0.6) is 5.75 Å². The number of ether oxygens (including phenoxy) is 1. The Bertz CT molecular complexity index is 459. The van der Waals surface area contributed by atoms with Crippen molar-refractivity contribution in [3.05, 3.63) is 29.8 Å². The number of carbonyl (C=O) groups is 1. The highest BCUT2D eigenvalue weighted by atomic mass is 16.5. The maximum Gasteiger partial charge on any atom is 0.339 e. The molecule has 0 saturated carbocycles. The van der Waals surface area contributed by atoms with Gasteiger partial charge in [0.2, 0.25) is 0 Å². The van der Waals surface area contributed by atoms with Gasteiger partial charge in [0.1, 0.15) is 17.9 Å². The van der Waals surface area contributed by atoms with Crippen LogP contribution in [0.25, 0.3) is 0 Å². The zero-order valence-electron chi connectivity index (χ0n) is 12.2. The Morgan fingerprint density at radius 3 is 2.85 bits per heavy atom. The second-order valence-corrected chi connectivity index (χ2v) is 5.74. The smallest absolute Gasteiger partial charge is 0.339 e. The summed E-state index contributed by atoms with van der Waals surface area (Å²) in [5, 5.41) is 9.08. The van der Waals surface area contributed by atoms with E-state index in [-0.39, 0.29) is 5.56 Å². The van der Waals surface area contributed by atoms with Crippen LogP contribution in [0.4, 0.5) is 0 Å². The fourth-order valence-electron chi connectivity index (χ4n) is 2.66. The van der Waals surface area contributed by atoms with E-state index in [0.717, 1.165) is 31.5 Å². The Hall–Kier alpha value is -1.55. The van der Waals surface area contributed by atoms with Crippen LogP contribution in [0.1, 0.15) is 30.6 Å². The summed E-state index contributed by atoms with van der Waals surface area (Å²) in [5.74, 6) is 1.02. The van der Waals surface area contributed by atoms with E-state index in [9.17, 15) is 4.79 Å². The van der Waals surface area contributed by atoms with Crippen molar-refractivity contribution in [2.45, 2.75) is 20.3 Å². The lowest BCUT2D eigenvalue weighted by Gasteiger charge is -2.18. The fourth-order valence-corrected chi connectivity index (χ4v) is 2.66. The molecule has 1 aromatic rings. The summed E-state index contributed by atoms with van der Waals surface area (Å²) in [6, 6.07) is 6.79. The number of para-hydroxylation sites is 1. The summed E-state index contributed by atoms with van der Waals surface area (Å²) in [4.78, 5) is 13.5. The second-order valence-electron chi connectivity index (χ2n) is 5.74. The third-order valence-corrected chi connectivity index (χ3v) is 4.03. The first kappa shape index (κ1) is 14.9. The third-order valence-electron chi connectivity index (χ3n) is 4.03. The van der Waals surface area contributed by atoms with E-state index in [1.54, 1.807) is 24.3 Å². The number of carboxylic acid groups (broad SMARTS) is 1. The first-order chi connectivity index (χ1) is 9.58. The van der Waals surface area contributed by atoms with Crippen molar-refractivity contribution >= 4 is 5.97 Å². The number of hydrogen-bond acceptors (Lipinski definition) is 3. The molecule has 2 rings (SSSR count). The van der Waals surface area contributed by atoms with Gasteiger partial charge in [0, 0.05) is 13.1 Å². The monoisotopic (exact) mass is 277 g/mol. The molecule has 1 aliphatic rings. The van der Waals surface area contributed by atoms with Crippen LogP contribution in [0.15, 0.2) is 24.3 Å². The summed E-state index contributed by atoms with van der Waals surface area (Å²) in [7, 11) is 0. The summed E-state index contributed by atoms with van der Waals surface area (Å²) in [6.45, 7) is 8.18. The Balaban J connectivity index is 1.81. The Morgan fingerprint density at radius 1 is 1.45 bits per heavy atom. The predicted octanol–water partition coefficient (Wildman–Crippen LogP) is 2.74. The van der Waals surface area contributed by atoms with E-state index < -0.39 is 5.97 Å². The zero-order chi connectivity index (χ0) is 14.5. The molecular formula is C16H23NO3. The highest BCUT2D eigenvalue weighted by molar-refractivity contribution is 5.90. The number of benzene rings is 1. The maximum absolute atomic E-state index is 11.1. The van der Waals surface area contributed by atoms with Crippen molar-refractivity contribution in [3.63, 3.8) is 0 Å². The molecule has 1 unspecified atom stereocenters. The standard InChI is InChI=1S/C16H23NO3/c1-12(2)13-7-8-17(11-13)9-10-20-15-6-4-3-5-14(15)16(18)19/h3-6,12-13H,7-11H2,1-2H3,(H,18,19). The van der Waals surface area contributed by atoms with Crippen molar-refractivity contribution in [3.8, 4) is 5.75 Å². The van der Waals surface area contributed by atoms with Crippen molar-refractivity contribution in [2.24, 2.45) is 11.8 Å². The molecule has 0 amide bonds. The fraction of sp³-hybridized carbons (Fsp3) is 0.562. The first-order valence-corrected chi connectivity index (χ1v) is 7.25. The molecule has 1 N–H and O–H groups in total. The van der Waals surface area contributed by atoms with Gasteiger partial charge in [-0.25, -0.2) is 4.79 Å². The van der Waals surface area contributed by atoms with Crippen molar-refractivity contribution < 1.29 is 14.6 Å².